The Hall–Kier alpha value is -1.84. The standard InChI is InChI=1S/C10H12N2O2/c1-2-9(10(13)14)12-11-8-6-4-3-5-7-8/h3-7,11H,2H2,1H3,(H,13,14)/b12-9-. The maximum Gasteiger partial charge on any atom is 0.352 e. The van der Waals surface area contributed by atoms with Crippen molar-refractivity contribution in [2.24, 2.45) is 5.10 Å². The minimum absolute atomic E-state index is 0.119. The van der Waals surface area contributed by atoms with Crippen LogP contribution >= 0.6 is 0 Å². The second kappa shape index (κ2) is 5.01. The van der Waals surface area contributed by atoms with Gasteiger partial charge in [0.2, 0.25) is 0 Å². The predicted molar refractivity (Wildman–Crippen MR) is 55.4 cm³/mol. The second-order valence-electron chi connectivity index (χ2n) is 2.70. The molecule has 0 aromatic heterocycles. The van der Waals surface area contributed by atoms with Crippen LogP contribution in [0.5, 0.6) is 0 Å². The van der Waals surface area contributed by atoms with Gasteiger partial charge in [0.1, 0.15) is 5.71 Å². The summed E-state index contributed by atoms with van der Waals surface area (Å²) in [4.78, 5) is 10.6. The maximum atomic E-state index is 10.6. The molecular formula is C10H12N2O2. The van der Waals surface area contributed by atoms with E-state index in [4.69, 9.17) is 5.11 Å². The van der Waals surface area contributed by atoms with Gasteiger partial charge in [0, 0.05) is 0 Å². The Morgan fingerprint density at radius 2 is 2.07 bits per heavy atom. The molecule has 1 rings (SSSR count). The number of carbonyl (C=O) groups is 1. The van der Waals surface area contributed by atoms with Crippen LogP contribution in [0, 0.1) is 0 Å². The van der Waals surface area contributed by atoms with Crippen LogP contribution in [0.15, 0.2) is 35.4 Å². The molecule has 0 aliphatic carbocycles. The molecule has 4 nitrogen and oxygen atoms in total. The van der Waals surface area contributed by atoms with Crippen LogP contribution in [-0.4, -0.2) is 16.8 Å². The van der Waals surface area contributed by atoms with Crippen molar-refractivity contribution in [2.45, 2.75) is 13.3 Å². The largest absolute Gasteiger partial charge is 0.477 e. The molecule has 0 heterocycles. The summed E-state index contributed by atoms with van der Waals surface area (Å²) in [6, 6.07) is 9.22. The van der Waals surface area contributed by atoms with Crippen molar-refractivity contribution in [1.82, 2.24) is 0 Å². The number of rotatable bonds is 4. The highest BCUT2D eigenvalue weighted by molar-refractivity contribution is 6.35. The third-order valence-corrected chi connectivity index (χ3v) is 1.68. The van der Waals surface area contributed by atoms with Crippen molar-refractivity contribution in [2.75, 3.05) is 5.43 Å². The van der Waals surface area contributed by atoms with Gasteiger partial charge in [0.25, 0.3) is 0 Å². The number of carboxylic acid groups (broad SMARTS) is 1. The van der Waals surface area contributed by atoms with Gasteiger partial charge in [0.05, 0.1) is 5.69 Å². The molecule has 74 valence electrons. The summed E-state index contributed by atoms with van der Waals surface area (Å²) < 4.78 is 0. The number of hydrogen-bond donors (Lipinski definition) is 2. The summed E-state index contributed by atoms with van der Waals surface area (Å²) in [5, 5.41) is 12.5. The predicted octanol–water partition coefficient (Wildman–Crippen LogP) is 1.95. The van der Waals surface area contributed by atoms with Crippen LogP contribution < -0.4 is 5.43 Å². The minimum Gasteiger partial charge on any atom is -0.477 e. The van der Waals surface area contributed by atoms with Gasteiger partial charge in [-0.05, 0) is 18.6 Å². The van der Waals surface area contributed by atoms with Gasteiger partial charge in [-0.15, -0.1) is 0 Å². The molecule has 0 aliphatic rings. The Morgan fingerprint density at radius 3 is 2.57 bits per heavy atom. The molecule has 0 unspecified atom stereocenters. The van der Waals surface area contributed by atoms with E-state index in [-0.39, 0.29) is 5.71 Å². The van der Waals surface area contributed by atoms with Crippen molar-refractivity contribution in [3.05, 3.63) is 30.3 Å². The maximum absolute atomic E-state index is 10.6. The zero-order valence-corrected chi connectivity index (χ0v) is 7.90. The number of anilines is 1. The highest BCUT2D eigenvalue weighted by Gasteiger charge is 2.05. The van der Waals surface area contributed by atoms with Gasteiger partial charge >= 0.3 is 5.97 Å². The Morgan fingerprint density at radius 1 is 1.43 bits per heavy atom. The van der Waals surface area contributed by atoms with Gasteiger partial charge < -0.3 is 5.11 Å². The Balaban J connectivity index is 2.66. The van der Waals surface area contributed by atoms with Crippen molar-refractivity contribution >= 4 is 17.4 Å². The molecular weight excluding hydrogens is 180 g/mol. The second-order valence-corrected chi connectivity index (χ2v) is 2.70. The van der Waals surface area contributed by atoms with Gasteiger partial charge in [-0.2, -0.15) is 5.10 Å². The van der Waals surface area contributed by atoms with Crippen LogP contribution in [0.3, 0.4) is 0 Å². The molecule has 0 aliphatic heterocycles. The average Bonchev–Trinajstić information content (AvgIpc) is 2.20. The lowest BCUT2D eigenvalue weighted by molar-refractivity contribution is -0.129. The van der Waals surface area contributed by atoms with Gasteiger partial charge in [-0.1, -0.05) is 25.1 Å². The Kier molecular flexibility index (Phi) is 3.67. The van der Waals surface area contributed by atoms with Gasteiger partial charge in [-0.3, -0.25) is 5.43 Å². The number of para-hydroxylation sites is 1. The lowest BCUT2D eigenvalue weighted by atomic mass is 10.3. The number of benzene rings is 1. The molecule has 2 N–H and O–H groups in total. The first-order valence-corrected chi connectivity index (χ1v) is 4.35. The molecule has 1 aromatic carbocycles. The Bertz CT molecular complexity index is 333. The number of carboxylic acids is 1. The van der Waals surface area contributed by atoms with E-state index in [1.54, 1.807) is 6.92 Å². The van der Waals surface area contributed by atoms with E-state index in [0.717, 1.165) is 5.69 Å². The number of aliphatic carboxylic acids is 1. The fraction of sp³-hybridized carbons (Fsp3) is 0.200. The van der Waals surface area contributed by atoms with Crippen molar-refractivity contribution in [3.8, 4) is 0 Å². The highest BCUT2D eigenvalue weighted by Crippen LogP contribution is 2.04. The number of hydrazone groups is 1. The minimum atomic E-state index is -0.990. The SMILES string of the molecule is CC/C(=N/Nc1ccccc1)C(=O)O. The van der Waals surface area contributed by atoms with Crippen LogP contribution in [0.2, 0.25) is 0 Å². The fourth-order valence-electron chi connectivity index (χ4n) is 0.923. The molecule has 0 saturated carbocycles. The average molecular weight is 192 g/mol. The zero-order valence-electron chi connectivity index (χ0n) is 7.90. The lowest BCUT2D eigenvalue weighted by Crippen LogP contribution is -2.13. The molecule has 0 amide bonds. The third-order valence-electron chi connectivity index (χ3n) is 1.68. The molecule has 0 radical (unpaired) electrons. The molecule has 1 aromatic rings. The topological polar surface area (TPSA) is 61.7 Å². The summed E-state index contributed by atoms with van der Waals surface area (Å²) in [5.74, 6) is -0.990. The summed E-state index contributed by atoms with van der Waals surface area (Å²) >= 11 is 0. The van der Waals surface area contributed by atoms with Gasteiger partial charge in [-0.25, -0.2) is 4.79 Å². The first-order valence-electron chi connectivity index (χ1n) is 4.35. The third kappa shape index (κ3) is 2.90. The Labute approximate surface area is 82.3 Å². The van der Waals surface area contributed by atoms with E-state index in [1.807, 2.05) is 30.3 Å². The van der Waals surface area contributed by atoms with Crippen LogP contribution in [0.25, 0.3) is 0 Å². The van der Waals surface area contributed by atoms with Crippen LogP contribution in [0.1, 0.15) is 13.3 Å². The number of nitrogens with zero attached hydrogens (tertiary/aromatic N) is 1. The van der Waals surface area contributed by atoms with Crippen molar-refractivity contribution < 1.29 is 9.90 Å². The number of hydrogen-bond acceptors (Lipinski definition) is 3. The van der Waals surface area contributed by atoms with E-state index in [1.165, 1.54) is 0 Å². The van der Waals surface area contributed by atoms with Crippen LogP contribution in [-0.2, 0) is 4.79 Å². The van der Waals surface area contributed by atoms with E-state index in [2.05, 4.69) is 10.5 Å². The van der Waals surface area contributed by atoms with E-state index in [9.17, 15) is 4.79 Å². The van der Waals surface area contributed by atoms with E-state index >= 15 is 0 Å². The first-order chi connectivity index (χ1) is 6.74. The normalized spacial score (nSPS) is 11.1. The fourth-order valence-corrected chi connectivity index (χ4v) is 0.923. The molecule has 14 heavy (non-hydrogen) atoms. The molecule has 0 bridgehead atoms. The van der Waals surface area contributed by atoms with Crippen molar-refractivity contribution in [1.29, 1.82) is 0 Å². The monoisotopic (exact) mass is 192 g/mol. The summed E-state index contributed by atoms with van der Waals surface area (Å²) in [7, 11) is 0. The lowest BCUT2D eigenvalue weighted by Gasteiger charge is -2.00. The highest BCUT2D eigenvalue weighted by atomic mass is 16.4. The molecule has 4 heteroatoms. The molecule has 0 saturated heterocycles. The zero-order chi connectivity index (χ0) is 10.4. The molecule has 0 fully saturated rings. The number of nitrogens with one attached hydrogen (secondary N) is 1. The van der Waals surface area contributed by atoms with E-state index < -0.39 is 5.97 Å². The molecule has 0 spiro atoms. The quantitative estimate of drug-likeness (QED) is 0.566. The van der Waals surface area contributed by atoms with Crippen molar-refractivity contribution in [3.63, 3.8) is 0 Å². The summed E-state index contributed by atoms with van der Waals surface area (Å²) in [5.41, 5.74) is 3.58. The first kappa shape index (κ1) is 10.2. The smallest absolute Gasteiger partial charge is 0.352 e. The summed E-state index contributed by atoms with van der Waals surface area (Å²) in [6.45, 7) is 1.75. The van der Waals surface area contributed by atoms with E-state index in [0.29, 0.717) is 6.42 Å². The van der Waals surface area contributed by atoms with Gasteiger partial charge in [0.15, 0.2) is 0 Å². The molecule has 0 atom stereocenters. The van der Waals surface area contributed by atoms with Crippen LogP contribution in [0.4, 0.5) is 5.69 Å². The summed E-state index contributed by atoms with van der Waals surface area (Å²) in [6.07, 6.45) is 0.398.